The van der Waals surface area contributed by atoms with Crippen molar-refractivity contribution >= 4 is 101 Å². The van der Waals surface area contributed by atoms with E-state index in [0.29, 0.717) is 12.8 Å². The highest BCUT2D eigenvalue weighted by Crippen LogP contribution is 2.41. The number of piperidine rings is 1. The van der Waals surface area contributed by atoms with E-state index < -0.39 is 262 Å². The number of carboxylic acid groups (broad SMARTS) is 1. The molecule has 5 rings (SSSR count). The van der Waals surface area contributed by atoms with Gasteiger partial charge in [-0.05, 0) is 102 Å². The Bertz CT molecular complexity index is 3140. The lowest BCUT2D eigenvalue weighted by Gasteiger charge is -2.57. The molecule has 45 heteroatoms. The lowest BCUT2D eigenvalue weighted by molar-refractivity contribution is -1.00. The highest BCUT2D eigenvalue weighted by Gasteiger charge is 2.58. The van der Waals surface area contributed by atoms with Crippen LogP contribution in [0.15, 0.2) is 0 Å². The average molecular weight is 1520 g/mol. The van der Waals surface area contributed by atoms with Crippen molar-refractivity contribution in [3.63, 3.8) is 0 Å². The number of aliphatic carboxylic acids is 1. The van der Waals surface area contributed by atoms with E-state index in [0.717, 1.165) is 0 Å². The first-order chi connectivity index (χ1) is 50.4. The molecular formula is C61H100N19O26+. The number of primary amides is 1. The van der Waals surface area contributed by atoms with Gasteiger partial charge in [-0.2, -0.15) is 0 Å². The summed E-state index contributed by atoms with van der Waals surface area (Å²) in [5.41, 5.74) is 11.0. The van der Waals surface area contributed by atoms with E-state index in [1.165, 1.54) is 0 Å². The van der Waals surface area contributed by atoms with Gasteiger partial charge in [0.25, 0.3) is 12.3 Å². The maximum atomic E-state index is 14.3. The Kier molecular flexibility index (Phi) is 35.2. The largest absolute Gasteiger partial charge is 0.481 e. The third-order valence-electron chi connectivity index (χ3n) is 18.9. The van der Waals surface area contributed by atoms with Crippen LogP contribution in [0.2, 0.25) is 0 Å². The number of quaternary nitrogens is 1. The monoisotopic (exact) mass is 1510 g/mol. The zero-order valence-electron chi connectivity index (χ0n) is 58.1. The minimum atomic E-state index is -1.97. The van der Waals surface area contributed by atoms with Crippen LogP contribution in [0.3, 0.4) is 0 Å². The molecule has 45 nitrogen and oxygen atoms in total. The molecular weight excluding hydrogens is 1410 g/mol. The van der Waals surface area contributed by atoms with Crippen molar-refractivity contribution in [1.82, 2.24) is 84.3 Å². The number of hydrogen-bond acceptors (Lipinski definition) is 28. The second-order valence-electron chi connectivity index (χ2n) is 26.3. The average Bonchev–Trinajstić information content (AvgIpc) is 0.757. The number of amides is 16. The molecule has 17 atom stereocenters. The van der Waals surface area contributed by atoms with Gasteiger partial charge < -0.3 is 111 Å². The smallest absolute Gasteiger partial charge is 0.363 e. The number of aliphatic hydroxyl groups excluding tert-OH is 6. The summed E-state index contributed by atoms with van der Waals surface area (Å²) in [6, 6.07) is -17.9. The third kappa shape index (κ3) is 24.6. The molecule has 0 aromatic carbocycles. The molecule has 1 aliphatic carbocycles. The summed E-state index contributed by atoms with van der Waals surface area (Å²) in [4.78, 5) is 226. The van der Waals surface area contributed by atoms with Gasteiger partial charge in [0.15, 0.2) is 0 Å². The molecule has 0 aromatic rings. The Labute approximate surface area is 605 Å². The number of hydroxylamine groups is 3. The van der Waals surface area contributed by atoms with E-state index in [4.69, 9.17) is 11.5 Å². The molecule has 5 fully saturated rings. The third-order valence-corrected chi connectivity index (χ3v) is 18.9. The molecule has 1 saturated carbocycles. The Balaban J connectivity index is 1.21. The lowest BCUT2D eigenvalue weighted by atomic mass is 9.72. The molecule has 4 heterocycles. The molecule has 106 heavy (non-hydrogen) atoms. The topological polar surface area (TPSA) is 690 Å². The van der Waals surface area contributed by atoms with Gasteiger partial charge in [-0.25, -0.2) is 15.1 Å². The van der Waals surface area contributed by atoms with Crippen LogP contribution in [0.4, 0.5) is 0 Å². The van der Waals surface area contributed by atoms with Crippen molar-refractivity contribution in [1.29, 1.82) is 0 Å². The number of nitrogens with one attached hydrogen (secondary N) is 13. The second-order valence-corrected chi connectivity index (χ2v) is 26.3. The highest BCUT2D eigenvalue weighted by molar-refractivity contribution is 5.98. The maximum Gasteiger partial charge on any atom is 0.363 e. The van der Waals surface area contributed by atoms with Crippen molar-refractivity contribution in [2.45, 2.75) is 200 Å². The van der Waals surface area contributed by atoms with Gasteiger partial charge in [0.05, 0.1) is 63.4 Å². The van der Waals surface area contributed by atoms with Crippen LogP contribution >= 0.6 is 0 Å². The molecule has 0 radical (unpaired) electrons. The number of nitrogens with two attached hydrogens (primary N) is 2. The van der Waals surface area contributed by atoms with Crippen LogP contribution in [-0.4, -0.2) is 330 Å². The van der Waals surface area contributed by atoms with Crippen LogP contribution in [0.25, 0.3) is 0 Å². The van der Waals surface area contributed by atoms with Crippen molar-refractivity contribution in [2.24, 2.45) is 17.4 Å². The highest BCUT2D eigenvalue weighted by atomic mass is 16.6. The van der Waals surface area contributed by atoms with E-state index in [1.54, 1.807) is 4.90 Å². The predicted molar refractivity (Wildman–Crippen MR) is 354 cm³/mol. The minimum absolute atomic E-state index is 0.0300. The molecule has 4 saturated heterocycles. The number of carbonyl (C=O) groups is 17. The first-order valence-corrected chi connectivity index (χ1v) is 34.7. The van der Waals surface area contributed by atoms with Crippen molar-refractivity contribution < 1.29 is 132 Å². The Hall–Kier alpha value is -9.29. The maximum absolute atomic E-state index is 14.3. The standard InChI is InChI=1S/C61H99N19O26/c62-15-3-1-6-32(71-57(100)40(27-83)76-59(102)41-13-17-64-51-37(70-47(90)11-10-46(63)89)20-31-21-44(87)45(88)22-42(31)79(41)51)52(95)66-23-48(91)69-34(8-5-18-77(105)29-85)55(98)75-39(26-82)58(101)74-38(25-81)53(96)67-24-49(92)68-33-7-2-4-16-65-60(103)43(28-84)80(78(106)30-86)19-14-35(72-54(33)97)56(99)73-36(61(80)104)9-12-50(93)94/h29-45,51,64,81-84,87-88,105-106H,1-28,62H2,(H14-,63,65,66,67,68,69,70,71,72,73,74,75,76,89,90,91,92,93,94,95,96,97,98,99,100,101,102,103)/p+1. The summed E-state index contributed by atoms with van der Waals surface area (Å²) in [6.07, 6.45) is -5.33. The SMILES string of the molecule is NCCCCC(NC(=O)C(CO)NC(=O)C1CCNC2C(NC(=O)CCC(N)=O)CC3CC(O)C(O)CC3N12)C(=O)NCC(=O)NC(CCCN(O)C=O)C(=O)NC(CO)C(=O)NC(CO)C(=O)NCC(=O)NC1CCCCNC(=O)C(CO)[N+]2(N(O)C=O)CCC(NC1=O)C(=O)NC(CCC(=O)O)C2=O. The molecule has 5 aliphatic rings. The van der Waals surface area contributed by atoms with Gasteiger partial charge in [-0.15, -0.1) is 4.59 Å². The molecule has 26 N–H and O–H groups in total. The van der Waals surface area contributed by atoms with Crippen LogP contribution in [-0.2, 0) is 81.5 Å². The van der Waals surface area contributed by atoms with E-state index in [9.17, 15) is 128 Å². The quantitative estimate of drug-likeness (QED) is 0.00897. The minimum Gasteiger partial charge on any atom is -0.481 e. The molecule has 0 spiro atoms. The number of rotatable bonds is 38. The summed E-state index contributed by atoms with van der Waals surface area (Å²) < 4.78 is -1.67. The van der Waals surface area contributed by atoms with Crippen molar-refractivity contribution in [3.05, 3.63) is 0 Å². The van der Waals surface area contributed by atoms with Gasteiger partial charge in [0.1, 0.15) is 61.5 Å². The Morgan fingerprint density at radius 1 is 0.632 bits per heavy atom. The fraction of sp³-hybridized carbons (Fsp3) is 0.721. The number of hydrogen-bond donors (Lipinski definition) is 24. The summed E-state index contributed by atoms with van der Waals surface area (Å²) in [5.74, 6) is -16.1. The van der Waals surface area contributed by atoms with Gasteiger partial charge in [0.2, 0.25) is 83.3 Å². The number of aliphatic hydroxyl groups is 6. The predicted octanol–water partition coefficient (Wildman–Crippen LogP) is -13.5. The molecule has 594 valence electrons. The lowest BCUT2D eigenvalue weighted by Crippen LogP contribution is -2.76. The molecule has 17 unspecified atom stereocenters. The Morgan fingerprint density at radius 3 is 1.86 bits per heavy atom. The first-order valence-electron chi connectivity index (χ1n) is 34.7. The van der Waals surface area contributed by atoms with Gasteiger partial charge in [0, 0.05) is 44.8 Å². The molecule has 0 aromatic heterocycles. The number of carbonyl (C=O) groups excluding carboxylic acids is 16. The first kappa shape index (κ1) is 87.3. The van der Waals surface area contributed by atoms with E-state index >= 15 is 0 Å². The van der Waals surface area contributed by atoms with Gasteiger partial charge in [-0.1, -0.05) is 5.17 Å². The number of fused-ring (bicyclic) bond motifs is 6. The summed E-state index contributed by atoms with van der Waals surface area (Å²) in [5, 5.41) is 125. The van der Waals surface area contributed by atoms with E-state index in [1.807, 2.05) is 0 Å². The normalized spacial score (nSPS) is 26.2. The zero-order valence-corrected chi connectivity index (χ0v) is 58.1. The van der Waals surface area contributed by atoms with Crippen molar-refractivity contribution in [2.75, 3.05) is 72.2 Å². The molecule has 16 amide bonds. The van der Waals surface area contributed by atoms with Crippen molar-refractivity contribution in [3.8, 4) is 0 Å². The summed E-state index contributed by atoms with van der Waals surface area (Å²) in [6.45, 7) is -7.46. The number of carboxylic acids is 1. The van der Waals surface area contributed by atoms with Gasteiger partial charge >= 0.3 is 11.9 Å². The molecule has 2 bridgehead atoms. The van der Waals surface area contributed by atoms with Crippen LogP contribution in [0, 0.1) is 5.92 Å². The van der Waals surface area contributed by atoms with E-state index in [-0.39, 0.29) is 119 Å². The van der Waals surface area contributed by atoms with Crippen LogP contribution in [0.5, 0.6) is 0 Å². The molecule has 4 aliphatic heterocycles. The second kappa shape index (κ2) is 42.8. The van der Waals surface area contributed by atoms with Crippen LogP contribution < -0.4 is 80.6 Å². The number of nitrogens with zero attached hydrogens (tertiary/aromatic N) is 4. The summed E-state index contributed by atoms with van der Waals surface area (Å²) in [7, 11) is 0. The van der Waals surface area contributed by atoms with Gasteiger partial charge in [-0.3, -0.25) is 92.1 Å². The summed E-state index contributed by atoms with van der Waals surface area (Å²) >= 11 is 0. The Morgan fingerprint density at radius 2 is 1.24 bits per heavy atom. The van der Waals surface area contributed by atoms with Crippen LogP contribution in [0.1, 0.15) is 109 Å². The fourth-order valence-electron chi connectivity index (χ4n) is 13.4. The van der Waals surface area contributed by atoms with E-state index in [2.05, 4.69) is 69.1 Å². The number of unbranched alkanes of at least 4 members (excludes halogenated alkanes) is 1. The zero-order chi connectivity index (χ0) is 78.5. The fourth-order valence-corrected chi connectivity index (χ4v) is 13.4.